The highest BCUT2D eigenvalue weighted by Crippen LogP contribution is 2.38. The van der Waals surface area contributed by atoms with Gasteiger partial charge in [-0.25, -0.2) is 27.8 Å². The third-order valence-corrected chi connectivity index (χ3v) is 7.83. The van der Waals surface area contributed by atoms with Crippen LogP contribution in [0.1, 0.15) is 24.5 Å². The van der Waals surface area contributed by atoms with Crippen molar-refractivity contribution in [2.45, 2.75) is 25.2 Å². The lowest BCUT2D eigenvalue weighted by Gasteiger charge is -2.20. The zero-order valence-electron chi connectivity index (χ0n) is 19.6. The van der Waals surface area contributed by atoms with Crippen molar-refractivity contribution < 1.29 is 27.4 Å². The number of halogens is 1. The molecule has 0 radical (unpaired) electrons. The Kier molecular flexibility index (Phi) is 7.14. The van der Waals surface area contributed by atoms with E-state index < -0.39 is 27.2 Å². The molecule has 0 bridgehead atoms. The molecule has 0 spiro atoms. The van der Waals surface area contributed by atoms with Gasteiger partial charge >= 0.3 is 0 Å². The second kappa shape index (κ2) is 10.1. The minimum Gasteiger partial charge on any atom is -0.494 e. The fourth-order valence-electron chi connectivity index (χ4n) is 3.28. The van der Waals surface area contributed by atoms with Gasteiger partial charge in [0.15, 0.2) is 22.5 Å². The van der Waals surface area contributed by atoms with Crippen LogP contribution in [0, 0.1) is 12.7 Å². The molecular formula is C21H22FN7O5S2. The summed E-state index contributed by atoms with van der Waals surface area (Å²) >= 11 is 1.30. The van der Waals surface area contributed by atoms with Gasteiger partial charge in [0.2, 0.25) is 16.0 Å². The summed E-state index contributed by atoms with van der Waals surface area (Å²) in [5, 5.41) is 19.7. The number of sulfonamides is 1. The number of aliphatic hydroxyl groups is 1. The van der Waals surface area contributed by atoms with Crippen LogP contribution >= 0.6 is 11.3 Å². The molecule has 2 atom stereocenters. The largest absolute Gasteiger partial charge is 0.494 e. The Labute approximate surface area is 209 Å². The van der Waals surface area contributed by atoms with Crippen LogP contribution < -0.4 is 14.2 Å². The van der Waals surface area contributed by atoms with E-state index in [0.29, 0.717) is 22.2 Å². The number of methoxy groups -OCH3 is 2. The maximum atomic E-state index is 13.3. The van der Waals surface area contributed by atoms with Crippen molar-refractivity contribution in [2.24, 2.45) is 0 Å². The Morgan fingerprint density at radius 1 is 1.14 bits per heavy atom. The van der Waals surface area contributed by atoms with Gasteiger partial charge in [0.25, 0.3) is 0 Å². The predicted molar refractivity (Wildman–Crippen MR) is 129 cm³/mol. The van der Waals surface area contributed by atoms with Gasteiger partial charge in [-0.05, 0) is 26.0 Å². The number of hydrogen-bond donors (Lipinski definition) is 2. The Morgan fingerprint density at radius 3 is 2.33 bits per heavy atom. The molecule has 190 valence electrons. The summed E-state index contributed by atoms with van der Waals surface area (Å²) in [7, 11) is -1.38. The van der Waals surface area contributed by atoms with Gasteiger partial charge in [0.1, 0.15) is 28.5 Å². The molecule has 1 aromatic carbocycles. The molecule has 2 N–H and O–H groups in total. The molecule has 3 heterocycles. The number of benzene rings is 1. The lowest BCUT2D eigenvalue weighted by Crippen LogP contribution is -2.32. The van der Waals surface area contributed by atoms with E-state index in [1.807, 2.05) is 12.3 Å². The van der Waals surface area contributed by atoms with Crippen LogP contribution in [-0.4, -0.2) is 62.7 Å². The van der Waals surface area contributed by atoms with E-state index in [1.54, 1.807) is 18.2 Å². The number of nitrogens with zero attached hydrogens (tertiary/aromatic N) is 6. The maximum Gasteiger partial charge on any atom is 0.243 e. The number of ether oxygens (including phenoxy) is 2. The summed E-state index contributed by atoms with van der Waals surface area (Å²) in [5.41, 5.74) is 1.08. The van der Waals surface area contributed by atoms with Gasteiger partial charge in [-0.3, -0.25) is 9.29 Å². The normalized spacial score (nSPS) is 13.3. The maximum absolute atomic E-state index is 13.3. The number of aromatic nitrogens is 6. The zero-order valence-corrected chi connectivity index (χ0v) is 21.2. The van der Waals surface area contributed by atoms with E-state index in [2.05, 4.69) is 29.9 Å². The number of aryl methyl sites for hydroxylation is 1. The first kappa shape index (κ1) is 25.4. The summed E-state index contributed by atoms with van der Waals surface area (Å²) < 4.78 is 54.5. The van der Waals surface area contributed by atoms with Crippen molar-refractivity contribution in [3.05, 3.63) is 53.3 Å². The summed E-state index contributed by atoms with van der Waals surface area (Å²) in [6.45, 7) is 3.07. The molecule has 0 aliphatic carbocycles. The van der Waals surface area contributed by atoms with Crippen molar-refractivity contribution in [3.8, 4) is 28.0 Å². The molecule has 4 rings (SSSR count). The van der Waals surface area contributed by atoms with Gasteiger partial charge in [-0.1, -0.05) is 6.07 Å². The molecule has 0 aliphatic heterocycles. The molecule has 36 heavy (non-hydrogen) atoms. The van der Waals surface area contributed by atoms with E-state index >= 15 is 0 Å². The molecule has 0 saturated carbocycles. The molecular weight excluding hydrogens is 513 g/mol. The molecule has 0 fully saturated rings. The highest BCUT2D eigenvalue weighted by Gasteiger charge is 2.34. The molecule has 15 heteroatoms. The number of nitrogens with one attached hydrogen (secondary N) is 1. The quantitative estimate of drug-likeness (QED) is 0.327. The Morgan fingerprint density at radius 2 is 1.78 bits per heavy atom. The molecule has 12 nitrogen and oxygen atoms in total. The Balaban J connectivity index is 1.81. The van der Waals surface area contributed by atoms with Crippen molar-refractivity contribution in [2.75, 3.05) is 18.9 Å². The van der Waals surface area contributed by atoms with E-state index in [9.17, 15) is 17.9 Å². The molecule has 3 aromatic heterocycles. The fourth-order valence-corrected chi connectivity index (χ4v) is 5.09. The second-order valence-corrected chi connectivity index (χ2v) is 10.4. The lowest BCUT2D eigenvalue weighted by atomic mass is 10.2. The molecule has 4 aromatic rings. The van der Waals surface area contributed by atoms with Crippen LogP contribution in [0.3, 0.4) is 0 Å². The van der Waals surface area contributed by atoms with Gasteiger partial charge in [-0.15, -0.1) is 21.5 Å². The highest BCUT2D eigenvalue weighted by molar-refractivity contribution is 7.93. The fraction of sp³-hybridized carbons (Fsp3) is 0.286. The predicted octanol–water partition coefficient (Wildman–Crippen LogP) is 2.51. The van der Waals surface area contributed by atoms with Gasteiger partial charge in [0.05, 0.1) is 26.6 Å². The van der Waals surface area contributed by atoms with E-state index in [0.717, 1.165) is 18.1 Å². The molecule has 2 unspecified atom stereocenters. The summed E-state index contributed by atoms with van der Waals surface area (Å²) in [6.07, 6.45) is 0.0255. The number of anilines is 1. The summed E-state index contributed by atoms with van der Waals surface area (Å²) in [5.74, 6) is -0.207. The number of thiazole rings is 1. The topological polar surface area (TPSA) is 154 Å². The van der Waals surface area contributed by atoms with Crippen LogP contribution in [0.5, 0.6) is 11.5 Å². The highest BCUT2D eigenvalue weighted by atomic mass is 32.2. The Bertz CT molecular complexity index is 1450. The standard InChI is InChI=1S/C21H22FN7O5S2/c1-11-10-35-20(25-11)19-26-27-21(29(19)16-14(33-3)6-5-7-15(16)34-4)28-36(31,32)12(2)17(30)18-23-8-13(22)9-24-18/h5-10,12,17,30H,1-4H3,(H,27,28). The average Bonchev–Trinajstić information content (AvgIpc) is 3.48. The lowest BCUT2D eigenvalue weighted by molar-refractivity contribution is 0.166. The molecule has 0 saturated heterocycles. The first-order valence-corrected chi connectivity index (χ1v) is 12.8. The van der Waals surface area contributed by atoms with Crippen LogP contribution in [0.25, 0.3) is 16.5 Å². The SMILES string of the molecule is COc1cccc(OC)c1-n1c(NS(=O)(=O)C(C)C(O)c2ncc(F)cn2)nnc1-c1nc(C)cs1. The van der Waals surface area contributed by atoms with Crippen LogP contribution in [0.4, 0.5) is 10.3 Å². The van der Waals surface area contributed by atoms with Crippen LogP contribution in [0.15, 0.2) is 36.0 Å². The van der Waals surface area contributed by atoms with Crippen molar-refractivity contribution in [1.82, 2.24) is 29.7 Å². The van der Waals surface area contributed by atoms with Gasteiger partial charge in [-0.2, -0.15) is 0 Å². The number of hydrogen-bond acceptors (Lipinski definition) is 11. The minimum atomic E-state index is -4.30. The van der Waals surface area contributed by atoms with Crippen molar-refractivity contribution in [1.29, 1.82) is 0 Å². The summed E-state index contributed by atoms with van der Waals surface area (Å²) in [4.78, 5) is 11.8. The van der Waals surface area contributed by atoms with Crippen molar-refractivity contribution in [3.63, 3.8) is 0 Å². The zero-order chi connectivity index (χ0) is 26.0. The van der Waals surface area contributed by atoms with E-state index in [1.165, 1.54) is 37.0 Å². The number of para-hydroxylation sites is 1. The second-order valence-electron chi connectivity index (χ2n) is 7.54. The first-order valence-electron chi connectivity index (χ1n) is 10.4. The number of rotatable bonds is 9. The van der Waals surface area contributed by atoms with Crippen LogP contribution in [-0.2, 0) is 10.0 Å². The average molecular weight is 536 g/mol. The number of aliphatic hydroxyl groups excluding tert-OH is 1. The Hall–Kier alpha value is -3.69. The minimum absolute atomic E-state index is 0.195. The van der Waals surface area contributed by atoms with Gasteiger partial charge in [0, 0.05) is 11.1 Å². The van der Waals surface area contributed by atoms with E-state index in [4.69, 9.17) is 9.47 Å². The van der Waals surface area contributed by atoms with Crippen molar-refractivity contribution >= 4 is 27.3 Å². The molecule has 0 amide bonds. The monoisotopic (exact) mass is 535 g/mol. The third kappa shape index (κ3) is 4.84. The van der Waals surface area contributed by atoms with Crippen LogP contribution in [0.2, 0.25) is 0 Å². The van der Waals surface area contributed by atoms with Gasteiger partial charge < -0.3 is 14.6 Å². The smallest absolute Gasteiger partial charge is 0.243 e. The third-order valence-electron chi connectivity index (χ3n) is 5.17. The van der Waals surface area contributed by atoms with E-state index in [-0.39, 0.29) is 17.6 Å². The molecule has 0 aliphatic rings. The summed E-state index contributed by atoms with van der Waals surface area (Å²) in [6, 6.07) is 5.06. The first-order chi connectivity index (χ1) is 17.2.